The number of para-hydroxylation sites is 1. The molecule has 0 radical (unpaired) electrons. The second-order valence-electron chi connectivity index (χ2n) is 7.71. The van der Waals surface area contributed by atoms with Crippen molar-refractivity contribution < 1.29 is 19.5 Å². The number of hydrogen-bond acceptors (Lipinski definition) is 5. The standard InChI is InChI=1S/C23H23N3O4/c1-14(24-25-21(28)19-8-4-5-9-20(19)27)15-10-12-16(13-11-15)26-22(29)17-6-2-3-7-18(17)23(26)30/h4-5,8-13,17-18,27H,2-3,6-7H2,1H3,(H,25,28)/b24-14-/t17-,18-/m0/s1. The highest BCUT2D eigenvalue weighted by atomic mass is 16.3. The number of nitrogens with zero attached hydrogens (tertiary/aromatic N) is 2. The first-order valence-corrected chi connectivity index (χ1v) is 10.1. The smallest absolute Gasteiger partial charge is 0.275 e. The quantitative estimate of drug-likeness (QED) is 0.463. The van der Waals surface area contributed by atoms with Gasteiger partial charge in [-0.15, -0.1) is 0 Å². The summed E-state index contributed by atoms with van der Waals surface area (Å²) in [5.41, 5.74) is 4.42. The van der Waals surface area contributed by atoms with E-state index in [-0.39, 0.29) is 35.0 Å². The predicted octanol–water partition coefficient (Wildman–Crippen LogP) is 3.23. The number of benzene rings is 2. The van der Waals surface area contributed by atoms with E-state index in [4.69, 9.17) is 0 Å². The highest BCUT2D eigenvalue weighted by Crippen LogP contribution is 2.40. The number of fused-ring (bicyclic) bond motifs is 1. The molecular weight excluding hydrogens is 382 g/mol. The van der Waals surface area contributed by atoms with E-state index in [1.165, 1.54) is 17.0 Å². The van der Waals surface area contributed by atoms with Crippen LogP contribution in [0.1, 0.15) is 48.5 Å². The van der Waals surface area contributed by atoms with E-state index in [0.717, 1.165) is 31.2 Å². The summed E-state index contributed by atoms with van der Waals surface area (Å²) in [7, 11) is 0. The lowest BCUT2D eigenvalue weighted by atomic mass is 9.81. The van der Waals surface area contributed by atoms with Crippen LogP contribution in [-0.4, -0.2) is 28.5 Å². The second kappa shape index (κ2) is 8.10. The van der Waals surface area contributed by atoms with Gasteiger partial charge in [-0.3, -0.25) is 19.3 Å². The van der Waals surface area contributed by atoms with Crippen LogP contribution in [-0.2, 0) is 9.59 Å². The lowest BCUT2D eigenvalue weighted by molar-refractivity contribution is -0.122. The molecule has 2 fully saturated rings. The van der Waals surface area contributed by atoms with Crippen molar-refractivity contribution in [2.75, 3.05) is 4.90 Å². The lowest BCUT2D eigenvalue weighted by Gasteiger charge is -2.19. The molecule has 7 nitrogen and oxygen atoms in total. The summed E-state index contributed by atoms with van der Waals surface area (Å²) < 4.78 is 0. The maximum atomic E-state index is 12.7. The molecule has 0 unspecified atom stereocenters. The Morgan fingerprint density at radius 1 is 1.00 bits per heavy atom. The first-order chi connectivity index (χ1) is 14.5. The third-order valence-corrected chi connectivity index (χ3v) is 5.86. The Morgan fingerprint density at radius 3 is 2.20 bits per heavy atom. The maximum absolute atomic E-state index is 12.7. The van der Waals surface area contributed by atoms with Gasteiger partial charge in [-0.2, -0.15) is 5.10 Å². The Balaban J connectivity index is 1.47. The molecule has 1 saturated heterocycles. The molecule has 2 aromatic carbocycles. The summed E-state index contributed by atoms with van der Waals surface area (Å²) in [6.07, 6.45) is 3.56. The van der Waals surface area contributed by atoms with Gasteiger partial charge in [-0.05, 0) is 49.6 Å². The van der Waals surface area contributed by atoms with Crippen molar-refractivity contribution in [3.8, 4) is 5.75 Å². The minimum absolute atomic E-state index is 0.0993. The van der Waals surface area contributed by atoms with Crippen LogP contribution in [0.3, 0.4) is 0 Å². The number of phenols is 1. The van der Waals surface area contributed by atoms with Gasteiger partial charge in [0.1, 0.15) is 5.75 Å². The van der Waals surface area contributed by atoms with E-state index in [9.17, 15) is 19.5 Å². The molecule has 0 aromatic heterocycles. The fourth-order valence-electron chi connectivity index (χ4n) is 4.19. The zero-order valence-electron chi connectivity index (χ0n) is 16.7. The first-order valence-electron chi connectivity index (χ1n) is 10.1. The molecule has 2 aliphatic rings. The van der Waals surface area contributed by atoms with E-state index in [1.54, 1.807) is 43.3 Å². The molecule has 154 valence electrons. The fraction of sp³-hybridized carbons (Fsp3) is 0.304. The number of amides is 3. The van der Waals surface area contributed by atoms with Crippen LogP contribution in [0.15, 0.2) is 53.6 Å². The molecule has 2 atom stereocenters. The Bertz CT molecular complexity index is 1000. The number of nitrogens with one attached hydrogen (secondary N) is 1. The lowest BCUT2D eigenvalue weighted by Crippen LogP contribution is -2.30. The van der Waals surface area contributed by atoms with Gasteiger partial charge >= 0.3 is 0 Å². The van der Waals surface area contributed by atoms with Crippen LogP contribution in [0.4, 0.5) is 5.69 Å². The average molecular weight is 405 g/mol. The molecule has 1 aliphatic heterocycles. The molecule has 1 saturated carbocycles. The summed E-state index contributed by atoms with van der Waals surface area (Å²) in [4.78, 5) is 38.9. The van der Waals surface area contributed by atoms with Gasteiger partial charge in [0, 0.05) is 0 Å². The van der Waals surface area contributed by atoms with Crippen LogP contribution >= 0.6 is 0 Å². The number of carbonyl (C=O) groups excluding carboxylic acids is 3. The van der Waals surface area contributed by atoms with Gasteiger partial charge in [0.25, 0.3) is 5.91 Å². The third kappa shape index (κ3) is 3.58. The van der Waals surface area contributed by atoms with E-state index >= 15 is 0 Å². The maximum Gasteiger partial charge on any atom is 0.275 e. The summed E-state index contributed by atoms with van der Waals surface area (Å²) in [5, 5.41) is 13.8. The van der Waals surface area contributed by atoms with Gasteiger partial charge in [-0.1, -0.05) is 37.1 Å². The molecule has 0 spiro atoms. The fourth-order valence-corrected chi connectivity index (χ4v) is 4.19. The molecule has 4 rings (SSSR count). The van der Waals surface area contributed by atoms with E-state index in [1.807, 2.05) is 0 Å². The number of aromatic hydroxyl groups is 1. The zero-order chi connectivity index (χ0) is 21.3. The van der Waals surface area contributed by atoms with Crippen LogP contribution in [0.2, 0.25) is 0 Å². The number of carbonyl (C=O) groups is 3. The molecule has 1 aliphatic carbocycles. The first kappa shape index (κ1) is 19.8. The molecule has 1 heterocycles. The number of anilines is 1. The molecular formula is C23H23N3O4. The summed E-state index contributed by atoms with van der Waals surface area (Å²) in [6.45, 7) is 1.74. The largest absolute Gasteiger partial charge is 0.507 e. The van der Waals surface area contributed by atoms with Crippen LogP contribution < -0.4 is 10.3 Å². The summed E-state index contributed by atoms with van der Waals surface area (Å²) in [6, 6.07) is 13.2. The Morgan fingerprint density at radius 2 is 1.60 bits per heavy atom. The van der Waals surface area contributed by atoms with Gasteiger partial charge < -0.3 is 5.11 Å². The van der Waals surface area contributed by atoms with Crippen molar-refractivity contribution in [1.29, 1.82) is 0 Å². The minimum atomic E-state index is -0.514. The van der Waals surface area contributed by atoms with Crippen molar-refractivity contribution in [3.63, 3.8) is 0 Å². The van der Waals surface area contributed by atoms with E-state index in [0.29, 0.717) is 11.4 Å². The molecule has 0 bridgehead atoms. The normalized spacial score (nSPS) is 21.5. The molecule has 2 N–H and O–H groups in total. The van der Waals surface area contributed by atoms with Crippen LogP contribution in [0, 0.1) is 11.8 Å². The minimum Gasteiger partial charge on any atom is -0.507 e. The van der Waals surface area contributed by atoms with Gasteiger partial charge in [-0.25, -0.2) is 5.43 Å². The van der Waals surface area contributed by atoms with Crippen molar-refractivity contribution in [1.82, 2.24) is 5.43 Å². The average Bonchev–Trinajstić information content (AvgIpc) is 3.02. The molecule has 30 heavy (non-hydrogen) atoms. The molecule has 7 heteroatoms. The third-order valence-electron chi connectivity index (χ3n) is 5.86. The van der Waals surface area contributed by atoms with Crippen molar-refractivity contribution >= 4 is 29.1 Å². The Labute approximate surface area is 174 Å². The van der Waals surface area contributed by atoms with Gasteiger partial charge in [0.15, 0.2) is 0 Å². The van der Waals surface area contributed by atoms with E-state index in [2.05, 4.69) is 10.5 Å². The number of imide groups is 1. The summed E-state index contributed by atoms with van der Waals surface area (Å²) >= 11 is 0. The van der Waals surface area contributed by atoms with Crippen LogP contribution in [0.5, 0.6) is 5.75 Å². The Kier molecular flexibility index (Phi) is 5.35. The number of rotatable bonds is 4. The van der Waals surface area contributed by atoms with Gasteiger partial charge in [0.05, 0.1) is 28.8 Å². The second-order valence-corrected chi connectivity index (χ2v) is 7.71. The molecule has 3 amide bonds. The SMILES string of the molecule is C/C(=N/NC(=O)c1ccccc1O)c1ccc(N2C(=O)[C@H]3CCCC[C@@H]3C2=O)cc1. The number of hydrogen-bond donors (Lipinski definition) is 2. The number of phenolic OH excluding ortho intramolecular Hbond substituents is 1. The highest BCUT2D eigenvalue weighted by Gasteiger charge is 2.48. The van der Waals surface area contributed by atoms with E-state index < -0.39 is 5.91 Å². The van der Waals surface area contributed by atoms with Crippen molar-refractivity contribution in [2.45, 2.75) is 32.6 Å². The van der Waals surface area contributed by atoms with Crippen molar-refractivity contribution in [2.24, 2.45) is 16.9 Å². The summed E-state index contributed by atoms with van der Waals surface area (Å²) in [5.74, 6) is -1.19. The predicted molar refractivity (Wildman–Crippen MR) is 112 cm³/mol. The van der Waals surface area contributed by atoms with Crippen molar-refractivity contribution in [3.05, 3.63) is 59.7 Å². The Hall–Kier alpha value is -3.48. The highest BCUT2D eigenvalue weighted by molar-refractivity contribution is 6.22. The molecule has 2 aromatic rings. The topological polar surface area (TPSA) is 99.1 Å². The van der Waals surface area contributed by atoms with Crippen LogP contribution in [0.25, 0.3) is 0 Å². The number of hydrazone groups is 1. The van der Waals surface area contributed by atoms with Gasteiger partial charge in [0.2, 0.25) is 11.8 Å². The zero-order valence-corrected chi connectivity index (χ0v) is 16.7. The monoisotopic (exact) mass is 405 g/mol.